The number of aromatic nitrogens is 2. The van der Waals surface area contributed by atoms with Gasteiger partial charge in [-0.05, 0) is 34.6 Å². The van der Waals surface area contributed by atoms with Gasteiger partial charge >= 0.3 is 6.09 Å². The zero-order chi connectivity index (χ0) is 20.0. The van der Waals surface area contributed by atoms with E-state index in [-0.39, 0.29) is 6.09 Å². The highest BCUT2D eigenvalue weighted by atomic mass is 16.6. The van der Waals surface area contributed by atoms with E-state index in [4.69, 9.17) is 4.74 Å². The van der Waals surface area contributed by atoms with Crippen LogP contribution in [-0.2, 0) is 9.53 Å². The first kappa shape index (κ1) is 20.6. The molecule has 0 aliphatic carbocycles. The first-order valence-corrected chi connectivity index (χ1v) is 9.05. The Balaban J connectivity index is 1.97. The van der Waals surface area contributed by atoms with Gasteiger partial charge in [0.2, 0.25) is 6.41 Å². The van der Waals surface area contributed by atoms with E-state index >= 15 is 0 Å². The highest BCUT2D eigenvalue weighted by molar-refractivity contribution is 5.74. The number of hydrogen-bond donors (Lipinski definition) is 0. The zero-order valence-electron chi connectivity index (χ0n) is 16.7. The van der Waals surface area contributed by atoms with Crippen LogP contribution in [0.1, 0.15) is 33.4 Å². The van der Waals surface area contributed by atoms with E-state index in [2.05, 4.69) is 19.9 Å². The second-order valence-corrected chi connectivity index (χ2v) is 7.27. The van der Waals surface area contributed by atoms with E-state index in [1.807, 2.05) is 34.6 Å². The lowest BCUT2D eigenvalue weighted by atomic mass is 10.2. The Morgan fingerprint density at radius 3 is 2.52 bits per heavy atom. The summed E-state index contributed by atoms with van der Waals surface area (Å²) in [6, 6.07) is 0. The number of carbonyl (C=O) groups is 2. The van der Waals surface area contributed by atoms with Crippen molar-refractivity contribution in [3.05, 3.63) is 11.9 Å². The predicted octanol–water partition coefficient (Wildman–Crippen LogP) is 1.98. The number of ether oxygens (including phenoxy) is 1. The molecule has 0 aromatic carbocycles. The average molecular weight is 376 g/mol. The van der Waals surface area contributed by atoms with Crippen LogP contribution in [0.4, 0.5) is 16.4 Å². The van der Waals surface area contributed by atoms with E-state index in [0.29, 0.717) is 50.6 Å². The van der Waals surface area contributed by atoms with Crippen molar-refractivity contribution in [3.8, 4) is 0 Å². The molecule has 1 aromatic rings. The lowest BCUT2D eigenvalue weighted by Gasteiger charge is -2.36. The first-order chi connectivity index (χ1) is 12.7. The maximum atomic E-state index is 12.1. The summed E-state index contributed by atoms with van der Waals surface area (Å²) in [5.74, 6) is 1.23. The topological polar surface area (TPSA) is 91.2 Å². The summed E-state index contributed by atoms with van der Waals surface area (Å²) in [7, 11) is 0. The highest BCUT2D eigenvalue weighted by Crippen LogP contribution is 2.19. The number of anilines is 1. The minimum Gasteiger partial charge on any atom is -0.444 e. The minimum absolute atomic E-state index is 0.287. The van der Waals surface area contributed by atoms with Crippen molar-refractivity contribution in [2.75, 3.05) is 37.6 Å². The van der Waals surface area contributed by atoms with Crippen molar-refractivity contribution in [3.63, 3.8) is 0 Å². The largest absolute Gasteiger partial charge is 0.444 e. The molecule has 2 rings (SSSR count). The van der Waals surface area contributed by atoms with Gasteiger partial charge in [0, 0.05) is 32.7 Å². The molecule has 1 aromatic heterocycles. The number of piperazine rings is 1. The molecule has 0 unspecified atom stereocenters. The van der Waals surface area contributed by atoms with Gasteiger partial charge in [0.15, 0.2) is 5.82 Å². The lowest BCUT2D eigenvalue weighted by molar-refractivity contribution is -0.114. The van der Waals surface area contributed by atoms with Gasteiger partial charge in [0.05, 0.1) is 18.2 Å². The number of carbonyl (C=O) groups excluding carboxylic acids is 2. The molecule has 0 bridgehead atoms. The predicted molar refractivity (Wildman–Crippen MR) is 103 cm³/mol. The third kappa shape index (κ3) is 5.90. The molecule has 2 heterocycles. The van der Waals surface area contributed by atoms with E-state index in [0.717, 1.165) is 5.82 Å². The van der Waals surface area contributed by atoms with Crippen molar-refractivity contribution in [1.29, 1.82) is 0 Å². The summed E-state index contributed by atoms with van der Waals surface area (Å²) in [5.41, 5.74) is 0.185. The van der Waals surface area contributed by atoms with Gasteiger partial charge in [-0.15, -0.1) is 0 Å². The minimum atomic E-state index is -0.496. The fourth-order valence-corrected chi connectivity index (χ4v) is 2.50. The molecule has 9 nitrogen and oxygen atoms in total. The van der Waals surface area contributed by atoms with E-state index in [1.54, 1.807) is 11.1 Å². The summed E-state index contributed by atoms with van der Waals surface area (Å²) in [4.78, 5) is 41.3. The van der Waals surface area contributed by atoms with Crippen molar-refractivity contribution in [2.45, 2.75) is 40.2 Å². The molecule has 0 saturated carbocycles. The third-order valence-electron chi connectivity index (χ3n) is 3.99. The number of rotatable bonds is 5. The number of hydrogen-bond acceptors (Lipinski definition) is 7. The maximum absolute atomic E-state index is 12.1. The molecular weight excluding hydrogens is 348 g/mol. The zero-order valence-corrected chi connectivity index (χ0v) is 16.7. The quantitative estimate of drug-likeness (QED) is 0.443. The third-order valence-corrected chi connectivity index (χ3v) is 3.99. The Morgan fingerprint density at radius 2 is 2.00 bits per heavy atom. The Labute approximate surface area is 160 Å². The number of aliphatic imine (C=N–C) groups is 1. The molecular formula is C18H28N6O3. The van der Waals surface area contributed by atoms with Gasteiger partial charge in [-0.25, -0.2) is 19.8 Å². The van der Waals surface area contributed by atoms with Crippen LogP contribution in [0, 0.1) is 6.92 Å². The highest BCUT2D eigenvalue weighted by Gasteiger charge is 2.26. The summed E-state index contributed by atoms with van der Waals surface area (Å²) < 4.78 is 5.41. The van der Waals surface area contributed by atoms with E-state index in [9.17, 15) is 9.59 Å². The molecule has 0 radical (unpaired) electrons. The fraction of sp³-hybridized carbons (Fsp3) is 0.611. The standard InChI is InChI=1S/C18H28N6O3/c1-6-22(13-25)12-20-16-14(2)21-15(11-19-16)23-7-9-24(10-8-23)17(26)27-18(3,4)5/h11-13H,6-10H2,1-5H3. The summed E-state index contributed by atoms with van der Waals surface area (Å²) in [6.07, 6.45) is 3.54. The molecule has 1 saturated heterocycles. The molecule has 27 heavy (non-hydrogen) atoms. The smallest absolute Gasteiger partial charge is 0.410 e. The molecule has 1 fully saturated rings. The molecule has 2 amide bonds. The van der Waals surface area contributed by atoms with Crippen molar-refractivity contribution < 1.29 is 14.3 Å². The summed E-state index contributed by atoms with van der Waals surface area (Å²) in [5, 5.41) is 0. The Morgan fingerprint density at radius 1 is 1.33 bits per heavy atom. The molecule has 0 atom stereocenters. The van der Waals surface area contributed by atoms with E-state index < -0.39 is 5.60 Å². The Kier molecular flexibility index (Phi) is 6.70. The molecule has 1 aliphatic rings. The van der Waals surface area contributed by atoms with Crippen LogP contribution in [0.3, 0.4) is 0 Å². The van der Waals surface area contributed by atoms with E-state index in [1.165, 1.54) is 11.2 Å². The van der Waals surface area contributed by atoms with Crippen LogP contribution in [0.5, 0.6) is 0 Å². The molecule has 0 spiro atoms. The van der Waals surface area contributed by atoms with Crippen molar-refractivity contribution in [2.24, 2.45) is 4.99 Å². The van der Waals surface area contributed by atoms with Gasteiger partial charge in [-0.3, -0.25) is 4.79 Å². The maximum Gasteiger partial charge on any atom is 0.410 e. The fourth-order valence-electron chi connectivity index (χ4n) is 2.50. The van der Waals surface area contributed by atoms with Gasteiger partial charge in [0.25, 0.3) is 0 Å². The van der Waals surface area contributed by atoms with Gasteiger partial charge in [-0.2, -0.15) is 0 Å². The van der Waals surface area contributed by atoms with Crippen molar-refractivity contribution in [1.82, 2.24) is 19.8 Å². The van der Waals surface area contributed by atoms with Gasteiger partial charge in [0.1, 0.15) is 11.4 Å². The SMILES string of the molecule is CCN(C=O)C=Nc1ncc(N2CCN(C(=O)OC(C)(C)C)CC2)nc1C. The van der Waals surface area contributed by atoms with Crippen LogP contribution >= 0.6 is 0 Å². The Hall–Kier alpha value is -2.71. The molecule has 148 valence electrons. The van der Waals surface area contributed by atoms with Crippen LogP contribution in [-0.4, -0.2) is 76.9 Å². The molecule has 1 aliphatic heterocycles. The van der Waals surface area contributed by atoms with Crippen LogP contribution in [0.15, 0.2) is 11.2 Å². The van der Waals surface area contributed by atoms with Crippen molar-refractivity contribution >= 4 is 30.5 Å². The van der Waals surface area contributed by atoms with Crippen LogP contribution < -0.4 is 4.90 Å². The molecule has 0 N–H and O–H groups in total. The van der Waals surface area contributed by atoms with Crippen LogP contribution in [0.25, 0.3) is 0 Å². The lowest BCUT2D eigenvalue weighted by Crippen LogP contribution is -2.50. The van der Waals surface area contributed by atoms with Gasteiger partial charge in [-0.1, -0.05) is 0 Å². The molecule has 9 heteroatoms. The number of aryl methyl sites for hydroxylation is 1. The average Bonchev–Trinajstić information content (AvgIpc) is 2.62. The van der Waals surface area contributed by atoms with Gasteiger partial charge < -0.3 is 19.4 Å². The summed E-state index contributed by atoms with van der Waals surface area (Å²) in [6.45, 7) is 12.3. The normalized spacial score (nSPS) is 15.1. The van der Waals surface area contributed by atoms with Crippen LogP contribution in [0.2, 0.25) is 0 Å². The monoisotopic (exact) mass is 376 g/mol. The Bertz CT molecular complexity index is 693. The number of amides is 2. The second-order valence-electron chi connectivity index (χ2n) is 7.27. The first-order valence-electron chi connectivity index (χ1n) is 9.05. The number of nitrogens with zero attached hydrogens (tertiary/aromatic N) is 6. The summed E-state index contributed by atoms with van der Waals surface area (Å²) >= 11 is 0. The second kappa shape index (κ2) is 8.79.